The van der Waals surface area contributed by atoms with Crippen LogP contribution in [0.4, 0.5) is 0 Å². The molecule has 0 atom stereocenters. The first-order chi connectivity index (χ1) is 8.65. The van der Waals surface area contributed by atoms with Gasteiger partial charge in [0.1, 0.15) is 0 Å². The molecule has 0 aliphatic carbocycles. The van der Waals surface area contributed by atoms with Crippen molar-refractivity contribution in [3.05, 3.63) is 0 Å². The maximum atomic E-state index is 2.49. The molecule has 0 aromatic heterocycles. The lowest BCUT2D eigenvalue weighted by atomic mass is 9.95. The van der Waals surface area contributed by atoms with E-state index in [2.05, 4.69) is 42.6 Å². The zero-order chi connectivity index (χ0) is 13.4. The van der Waals surface area contributed by atoms with Gasteiger partial charge in [0.2, 0.25) is 0 Å². The summed E-state index contributed by atoms with van der Waals surface area (Å²) in [5.41, 5.74) is 0. The summed E-state index contributed by atoms with van der Waals surface area (Å²) >= 11 is 0. The molecular formula is C19H49N3. The number of likely N-dealkylation sites (N-methyl/N-ethyl adjacent to an activating group) is 2. The topological polar surface area (TPSA) is 9.72 Å². The summed E-state index contributed by atoms with van der Waals surface area (Å²) in [7, 11) is 4.40. The molecule has 2 heterocycles. The number of likely N-dealkylation sites (tertiary alicyclic amines) is 1. The monoisotopic (exact) mass is 319 g/mol. The first kappa shape index (κ1) is 29.8. The van der Waals surface area contributed by atoms with Crippen LogP contribution in [0.5, 0.6) is 0 Å². The van der Waals surface area contributed by atoms with Crippen molar-refractivity contribution in [2.45, 2.75) is 62.8 Å². The van der Waals surface area contributed by atoms with Crippen LogP contribution in [-0.2, 0) is 0 Å². The zero-order valence-electron chi connectivity index (χ0n) is 13.0. The van der Waals surface area contributed by atoms with E-state index in [9.17, 15) is 0 Å². The molecule has 2 saturated heterocycles. The normalized spacial score (nSPS) is 20.2. The van der Waals surface area contributed by atoms with Crippen LogP contribution in [0.25, 0.3) is 0 Å². The smallest absolute Gasteiger partial charge is 0.0110 e. The number of hydrogen-bond donors (Lipinski definition) is 0. The standard InChI is InChI=1S/C8H17N.C7H16N2.4CH4/c1-3-8-4-6-9(2)7-5-8;1-3-9-6-4-8(2)5-7-9;;;;/h8H,3-7H2,1-2H3;3-7H2,1-2H3;4*1H4. The molecule has 3 heteroatoms. The fourth-order valence-electron chi connectivity index (χ4n) is 2.63. The van der Waals surface area contributed by atoms with E-state index in [0.29, 0.717) is 0 Å². The molecule has 0 amide bonds. The van der Waals surface area contributed by atoms with E-state index in [1.54, 1.807) is 0 Å². The summed E-state index contributed by atoms with van der Waals surface area (Å²) < 4.78 is 0. The van der Waals surface area contributed by atoms with Gasteiger partial charge in [-0.3, -0.25) is 0 Å². The van der Waals surface area contributed by atoms with Gasteiger partial charge in [0.05, 0.1) is 0 Å². The second kappa shape index (κ2) is 17.2. The summed E-state index contributed by atoms with van der Waals surface area (Å²) in [6.07, 6.45) is 4.23. The van der Waals surface area contributed by atoms with Crippen LogP contribution in [0.1, 0.15) is 62.8 Å². The van der Waals surface area contributed by atoms with Crippen LogP contribution in [0, 0.1) is 5.92 Å². The van der Waals surface area contributed by atoms with Crippen LogP contribution < -0.4 is 0 Å². The van der Waals surface area contributed by atoms with Crippen LogP contribution in [0.2, 0.25) is 0 Å². The maximum absolute atomic E-state index is 2.49. The molecule has 0 bridgehead atoms. The molecule has 2 fully saturated rings. The molecule has 2 rings (SSSR count). The number of hydrogen-bond acceptors (Lipinski definition) is 3. The molecule has 0 N–H and O–H groups in total. The molecule has 0 saturated carbocycles. The van der Waals surface area contributed by atoms with Crippen molar-refractivity contribution in [2.24, 2.45) is 5.92 Å². The van der Waals surface area contributed by atoms with Gasteiger partial charge in [0.25, 0.3) is 0 Å². The predicted octanol–water partition coefficient (Wildman–Crippen LogP) is 4.54. The Morgan fingerprint density at radius 3 is 1.45 bits per heavy atom. The van der Waals surface area contributed by atoms with E-state index in [1.165, 1.54) is 65.1 Å². The van der Waals surface area contributed by atoms with Crippen molar-refractivity contribution in [2.75, 3.05) is 59.9 Å². The minimum Gasteiger partial charge on any atom is -0.306 e. The highest BCUT2D eigenvalue weighted by molar-refractivity contribution is 4.68. The zero-order valence-corrected chi connectivity index (χ0v) is 13.0. The third-order valence-electron chi connectivity index (χ3n) is 4.46. The summed E-state index contributed by atoms with van der Waals surface area (Å²) in [6.45, 7) is 13.4. The minimum absolute atomic E-state index is 0. The van der Waals surface area contributed by atoms with Crippen molar-refractivity contribution >= 4 is 0 Å². The third kappa shape index (κ3) is 12.4. The largest absolute Gasteiger partial charge is 0.306 e. The molecule has 2 aliphatic rings. The molecule has 0 aromatic rings. The highest BCUT2D eigenvalue weighted by Gasteiger charge is 2.13. The fourth-order valence-corrected chi connectivity index (χ4v) is 2.63. The Labute approximate surface area is 144 Å². The van der Waals surface area contributed by atoms with Crippen LogP contribution in [0.3, 0.4) is 0 Å². The highest BCUT2D eigenvalue weighted by atomic mass is 15.2. The average molecular weight is 320 g/mol. The SMILES string of the molecule is C.C.C.C.CCC1CCN(C)CC1.CCN1CCN(C)CC1. The van der Waals surface area contributed by atoms with Gasteiger partial charge in [-0.25, -0.2) is 0 Å². The highest BCUT2D eigenvalue weighted by Crippen LogP contribution is 2.18. The lowest BCUT2D eigenvalue weighted by molar-refractivity contribution is 0.160. The van der Waals surface area contributed by atoms with E-state index in [-0.39, 0.29) is 29.7 Å². The summed E-state index contributed by atoms with van der Waals surface area (Å²) in [5.74, 6) is 1.03. The fraction of sp³-hybridized carbons (Fsp3) is 1.00. The van der Waals surface area contributed by atoms with Gasteiger partial charge in [-0.2, -0.15) is 0 Å². The Bertz CT molecular complexity index is 171. The van der Waals surface area contributed by atoms with Gasteiger partial charge < -0.3 is 14.7 Å². The Morgan fingerprint density at radius 1 is 0.682 bits per heavy atom. The minimum atomic E-state index is 0. The second-order valence-electron chi connectivity index (χ2n) is 5.89. The van der Waals surface area contributed by atoms with Crippen molar-refractivity contribution in [1.82, 2.24) is 14.7 Å². The van der Waals surface area contributed by atoms with Crippen LogP contribution in [0.15, 0.2) is 0 Å². The molecule has 2 aliphatic heterocycles. The number of piperidine rings is 1. The molecule has 0 radical (unpaired) electrons. The second-order valence-corrected chi connectivity index (χ2v) is 5.89. The van der Waals surface area contributed by atoms with Gasteiger partial charge in [-0.15, -0.1) is 0 Å². The van der Waals surface area contributed by atoms with Crippen molar-refractivity contribution in [1.29, 1.82) is 0 Å². The van der Waals surface area contributed by atoms with Crippen molar-refractivity contribution in [3.63, 3.8) is 0 Å². The van der Waals surface area contributed by atoms with Gasteiger partial charge in [-0.05, 0) is 52.5 Å². The lowest BCUT2D eigenvalue weighted by Crippen LogP contribution is -2.44. The van der Waals surface area contributed by atoms with E-state index < -0.39 is 0 Å². The van der Waals surface area contributed by atoms with Crippen molar-refractivity contribution in [3.8, 4) is 0 Å². The molecular weight excluding hydrogens is 270 g/mol. The van der Waals surface area contributed by atoms with Crippen LogP contribution in [-0.4, -0.2) is 74.6 Å². The molecule has 22 heavy (non-hydrogen) atoms. The predicted molar refractivity (Wildman–Crippen MR) is 107 cm³/mol. The Kier molecular flexibility index (Phi) is 23.4. The van der Waals surface area contributed by atoms with Gasteiger partial charge >= 0.3 is 0 Å². The first-order valence-electron chi connectivity index (χ1n) is 7.75. The van der Waals surface area contributed by atoms with Crippen molar-refractivity contribution < 1.29 is 0 Å². The van der Waals surface area contributed by atoms with Crippen LogP contribution >= 0.6 is 0 Å². The number of piperazine rings is 1. The van der Waals surface area contributed by atoms with E-state index in [0.717, 1.165) is 5.92 Å². The van der Waals surface area contributed by atoms with E-state index in [4.69, 9.17) is 0 Å². The van der Waals surface area contributed by atoms with Gasteiger partial charge in [0, 0.05) is 26.2 Å². The van der Waals surface area contributed by atoms with Gasteiger partial charge in [-0.1, -0.05) is 50.0 Å². The third-order valence-corrected chi connectivity index (χ3v) is 4.46. The molecule has 0 aromatic carbocycles. The molecule has 0 unspecified atom stereocenters. The molecule has 140 valence electrons. The average Bonchev–Trinajstić information content (AvgIpc) is 2.41. The Balaban J connectivity index is -0.000000125. The molecule has 0 spiro atoms. The maximum Gasteiger partial charge on any atom is 0.0110 e. The number of rotatable bonds is 2. The van der Waals surface area contributed by atoms with E-state index in [1.807, 2.05) is 0 Å². The lowest BCUT2D eigenvalue weighted by Gasteiger charge is -2.31. The summed E-state index contributed by atoms with van der Waals surface area (Å²) in [6, 6.07) is 0. The molecule has 3 nitrogen and oxygen atoms in total. The van der Waals surface area contributed by atoms with Gasteiger partial charge in [0.15, 0.2) is 0 Å². The quantitative estimate of drug-likeness (QED) is 0.740. The van der Waals surface area contributed by atoms with E-state index >= 15 is 0 Å². The Morgan fingerprint density at radius 2 is 1.09 bits per heavy atom. The number of nitrogens with zero attached hydrogens (tertiary/aromatic N) is 3. The first-order valence-corrected chi connectivity index (χ1v) is 7.75. The Hall–Kier alpha value is -0.120. The summed E-state index contributed by atoms with van der Waals surface area (Å²) in [4.78, 5) is 7.29. The summed E-state index contributed by atoms with van der Waals surface area (Å²) in [5, 5.41) is 0.